The Hall–Kier alpha value is -2.98. The molecule has 1 saturated carbocycles. The molecule has 0 spiro atoms. The van der Waals surface area contributed by atoms with E-state index in [4.69, 9.17) is 11.6 Å². The van der Waals surface area contributed by atoms with Gasteiger partial charge in [-0.1, -0.05) is 23.8 Å². The molecule has 2 amide bonds. The summed E-state index contributed by atoms with van der Waals surface area (Å²) in [6, 6.07) is 4.30. The van der Waals surface area contributed by atoms with Crippen LogP contribution in [0.5, 0.6) is 0 Å². The van der Waals surface area contributed by atoms with Gasteiger partial charge < -0.3 is 14.9 Å². The van der Waals surface area contributed by atoms with Crippen molar-refractivity contribution in [1.82, 2.24) is 9.80 Å². The van der Waals surface area contributed by atoms with Crippen LogP contribution in [-0.2, 0) is 9.59 Å². The third-order valence-corrected chi connectivity index (χ3v) is 8.57. The first-order valence-electron chi connectivity index (χ1n) is 10.6. The summed E-state index contributed by atoms with van der Waals surface area (Å²) in [5.41, 5.74) is -0.0679. The van der Waals surface area contributed by atoms with Gasteiger partial charge in [-0.05, 0) is 24.3 Å². The molecule has 2 aromatic rings. The summed E-state index contributed by atoms with van der Waals surface area (Å²) in [7, 11) is 0. The first-order valence-corrected chi connectivity index (χ1v) is 11.8. The average Bonchev–Trinajstić information content (AvgIpc) is 3.51. The number of carboxylic acids is 1. The largest absolute Gasteiger partial charge is 0.481 e. The molecule has 4 atom stereocenters. The van der Waals surface area contributed by atoms with Crippen molar-refractivity contribution in [3.05, 3.63) is 50.4 Å². The lowest BCUT2D eigenvalue weighted by molar-refractivity contribution is -0.384. The van der Waals surface area contributed by atoms with E-state index in [1.54, 1.807) is 15.9 Å². The Kier molecular flexibility index (Phi) is 5.37. The van der Waals surface area contributed by atoms with Gasteiger partial charge in [-0.3, -0.25) is 24.5 Å². The quantitative estimate of drug-likeness (QED) is 0.399. The Morgan fingerprint density at radius 1 is 1.06 bits per heavy atom. The number of carbonyl (C=O) groups excluding carboxylic acids is 2. The molecule has 1 aliphatic heterocycles. The monoisotopic (exact) mass is 489 g/mol. The number of hydrogen-bond donors (Lipinski definition) is 1. The highest BCUT2D eigenvalue weighted by atomic mass is 35.5. The van der Waals surface area contributed by atoms with Crippen molar-refractivity contribution in [2.24, 2.45) is 23.7 Å². The Balaban J connectivity index is 1.28. The number of rotatable bonds is 4. The Morgan fingerprint density at radius 3 is 2.33 bits per heavy atom. The van der Waals surface area contributed by atoms with Crippen molar-refractivity contribution in [1.29, 1.82) is 0 Å². The van der Waals surface area contributed by atoms with Gasteiger partial charge in [-0.15, -0.1) is 11.3 Å². The molecule has 9 nitrogen and oxygen atoms in total. The van der Waals surface area contributed by atoms with Gasteiger partial charge in [-0.2, -0.15) is 0 Å². The fourth-order valence-corrected chi connectivity index (χ4v) is 6.80. The number of aliphatic carboxylic acids is 1. The minimum absolute atomic E-state index is 0.0373. The molecule has 172 valence electrons. The van der Waals surface area contributed by atoms with E-state index in [2.05, 4.69) is 0 Å². The highest BCUT2D eigenvalue weighted by Gasteiger charge is 2.52. The number of carbonyl (C=O) groups is 3. The molecule has 1 N–H and O–H groups in total. The molecule has 0 unspecified atom stereocenters. The predicted octanol–water partition coefficient (Wildman–Crippen LogP) is 3.27. The normalized spacial score (nSPS) is 26.2. The maximum atomic E-state index is 13.2. The average molecular weight is 490 g/mol. The summed E-state index contributed by atoms with van der Waals surface area (Å²) in [5, 5.41) is 21.5. The van der Waals surface area contributed by atoms with Crippen molar-refractivity contribution < 1.29 is 24.4 Å². The number of hydrogen-bond acceptors (Lipinski definition) is 6. The third kappa shape index (κ3) is 3.57. The van der Waals surface area contributed by atoms with E-state index in [-0.39, 0.29) is 34.4 Å². The van der Waals surface area contributed by atoms with Gasteiger partial charge >= 0.3 is 5.97 Å². The second-order valence-electron chi connectivity index (χ2n) is 8.64. The number of piperazine rings is 1. The molecule has 11 heteroatoms. The van der Waals surface area contributed by atoms with Gasteiger partial charge in [0.2, 0.25) is 5.91 Å². The van der Waals surface area contributed by atoms with E-state index >= 15 is 0 Å². The summed E-state index contributed by atoms with van der Waals surface area (Å²) in [6.07, 6.45) is 4.57. The molecule has 1 aromatic heterocycles. The van der Waals surface area contributed by atoms with E-state index < -0.39 is 22.7 Å². The first-order chi connectivity index (χ1) is 15.8. The first kappa shape index (κ1) is 21.8. The van der Waals surface area contributed by atoms with Crippen LogP contribution in [-0.4, -0.2) is 63.8 Å². The molecule has 2 fully saturated rings. The van der Waals surface area contributed by atoms with Crippen molar-refractivity contribution in [2.45, 2.75) is 6.42 Å². The molecule has 33 heavy (non-hydrogen) atoms. The summed E-state index contributed by atoms with van der Waals surface area (Å²) in [4.78, 5) is 52.2. The minimum atomic E-state index is -0.932. The van der Waals surface area contributed by atoms with Crippen LogP contribution in [0, 0.1) is 33.8 Å². The summed E-state index contributed by atoms with van der Waals surface area (Å²) < 4.78 is 0.565. The smallest absolute Gasteiger partial charge is 0.307 e. The van der Waals surface area contributed by atoms with E-state index in [1.807, 2.05) is 12.2 Å². The number of allylic oxidation sites excluding steroid dienone is 2. The Bertz CT molecular complexity index is 1220. The van der Waals surface area contributed by atoms with Gasteiger partial charge in [0.25, 0.3) is 11.6 Å². The number of nitro groups is 1. The summed E-state index contributed by atoms with van der Waals surface area (Å²) in [6.45, 7) is 1.26. The number of halogens is 1. The van der Waals surface area contributed by atoms with Crippen LogP contribution < -0.4 is 0 Å². The number of carboxylic acid groups (broad SMARTS) is 1. The van der Waals surface area contributed by atoms with Crippen molar-refractivity contribution in [3.63, 3.8) is 0 Å². The predicted molar refractivity (Wildman–Crippen MR) is 121 cm³/mol. The molecule has 2 heterocycles. The van der Waals surface area contributed by atoms with Crippen LogP contribution >= 0.6 is 22.9 Å². The van der Waals surface area contributed by atoms with Crippen LogP contribution in [0.4, 0.5) is 5.69 Å². The van der Waals surface area contributed by atoms with Gasteiger partial charge in [0.15, 0.2) is 0 Å². The van der Waals surface area contributed by atoms with E-state index in [0.29, 0.717) is 47.6 Å². The second-order valence-corrected chi connectivity index (χ2v) is 10.1. The third-order valence-electron chi connectivity index (χ3n) is 6.93. The van der Waals surface area contributed by atoms with Crippen molar-refractivity contribution >= 4 is 56.5 Å². The molecular weight excluding hydrogens is 470 g/mol. The van der Waals surface area contributed by atoms with Gasteiger partial charge in [0, 0.05) is 48.4 Å². The standard InChI is InChI=1S/C22H20ClN3O6S/c23-18-14-4-3-13(26(31)32)10-15(14)33-19(18)21(28)25-7-5-24(6-8-25)20(27)16-11-1-2-12(9-11)17(16)22(29)30/h1-4,10-12,16-17H,5-9H2,(H,29,30)/t11-,12-,16-,17-/m0/s1. The number of non-ortho nitro benzene ring substituents is 1. The topological polar surface area (TPSA) is 121 Å². The van der Waals surface area contributed by atoms with Crippen molar-refractivity contribution in [3.8, 4) is 0 Å². The van der Waals surface area contributed by atoms with Crippen LogP contribution in [0.2, 0.25) is 5.02 Å². The summed E-state index contributed by atoms with van der Waals surface area (Å²) in [5.74, 6) is -2.72. The Labute approximate surface area is 197 Å². The number of benzene rings is 1. The molecule has 1 saturated heterocycles. The summed E-state index contributed by atoms with van der Waals surface area (Å²) >= 11 is 7.53. The highest BCUT2D eigenvalue weighted by Crippen LogP contribution is 2.49. The van der Waals surface area contributed by atoms with Gasteiger partial charge in [0.1, 0.15) is 4.88 Å². The molecule has 2 aliphatic carbocycles. The SMILES string of the molecule is O=C(O)[C@@H]1[C@@H](C(=O)N2CCN(C(=O)c3sc4cc([N+](=O)[O-])ccc4c3Cl)CC2)[C@H]2C=C[C@H]1C2. The van der Waals surface area contributed by atoms with E-state index in [0.717, 1.165) is 11.3 Å². The zero-order chi connectivity index (χ0) is 23.4. The van der Waals surface area contributed by atoms with Crippen LogP contribution in [0.3, 0.4) is 0 Å². The Morgan fingerprint density at radius 2 is 1.70 bits per heavy atom. The zero-order valence-corrected chi connectivity index (χ0v) is 18.9. The van der Waals surface area contributed by atoms with Gasteiger partial charge in [-0.25, -0.2) is 0 Å². The van der Waals surface area contributed by atoms with Crippen LogP contribution in [0.1, 0.15) is 16.1 Å². The molecule has 0 radical (unpaired) electrons. The minimum Gasteiger partial charge on any atom is -0.481 e. The fraction of sp³-hybridized carbons (Fsp3) is 0.409. The molecular formula is C22H20ClN3O6S. The number of thiophene rings is 1. The maximum Gasteiger partial charge on any atom is 0.307 e. The van der Waals surface area contributed by atoms with Crippen molar-refractivity contribution in [2.75, 3.05) is 26.2 Å². The molecule has 1 aromatic carbocycles. The number of nitro benzene ring substituents is 1. The maximum absolute atomic E-state index is 13.2. The highest BCUT2D eigenvalue weighted by molar-refractivity contribution is 7.21. The lowest BCUT2D eigenvalue weighted by Gasteiger charge is -2.37. The number of nitrogens with zero attached hydrogens (tertiary/aromatic N) is 3. The lowest BCUT2D eigenvalue weighted by Crippen LogP contribution is -2.53. The van der Waals surface area contributed by atoms with Crippen LogP contribution in [0.25, 0.3) is 10.1 Å². The number of amides is 2. The number of fused-ring (bicyclic) bond motifs is 3. The fourth-order valence-electron chi connectivity index (χ4n) is 5.28. The molecule has 5 rings (SSSR count). The zero-order valence-electron chi connectivity index (χ0n) is 17.3. The lowest BCUT2D eigenvalue weighted by atomic mass is 9.82. The van der Waals surface area contributed by atoms with E-state index in [1.165, 1.54) is 12.1 Å². The van der Waals surface area contributed by atoms with Crippen LogP contribution in [0.15, 0.2) is 30.4 Å². The molecule has 2 bridgehead atoms. The molecule has 3 aliphatic rings. The van der Waals surface area contributed by atoms with E-state index in [9.17, 15) is 29.6 Å². The van der Waals surface area contributed by atoms with Gasteiger partial charge in [0.05, 0.1) is 21.8 Å². The second kappa shape index (κ2) is 8.11.